The van der Waals surface area contributed by atoms with Crippen molar-refractivity contribution in [2.75, 3.05) is 31.2 Å². The second-order valence-electron chi connectivity index (χ2n) is 14.2. The van der Waals surface area contributed by atoms with E-state index >= 15 is 0 Å². The zero-order chi connectivity index (χ0) is 41.5. The van der Waals surface area contributed by atoms with Crippen LogP contribution >= 0.6 is 11.3 Å². The van der Waals surface area contributed by atoms with Gasteiger partial charge in [-0.2, -0.15) is 15.8 Å². The van der Waals surface area contributed by atoms with E-state index in [1.165, 1.54) is 0 Å². The van der Waals surface area contributed by atoms with Crippen LogP contribution in [0.5, 0.6) is 5.75 Å². The van der Waals surface area contributed by atoms with E-state index in [9.17, 15) is 26.0 Å². The molecule has 6 rings (SSSR count). The third-order valence-electron chi connectivity index (χ3n) is 10.2. The lowest BCUT2D eigenvalue weighted by Crippen LogP contribution is -2.26. The first-order chi connectivity index (χ1) is 28.9. The number of allylic oxidation sites excluding steroid dienone is 2. The van der Waals surface area contributed by atoms with Gasteiger partial charge in [-0.15, -0.1) is 11.3 Å². The fourth-order valence-electron chi connectivity index (χ4n) is 6.95. The van der Waals surface area contributed by atoms with Crippen LogP contribution in [0.25, 0.3) is 29.4 Å². The Hall–Kier alpha value is -6.67. The number of aliphatic hydroxyl groups is 2. The van der Waals surface area contributed by atoms with Gasteiger partial charge in [0.15, 0.2) is 16.9 Å². The molecule has 2 heterocycles. The van der Waals surface area contributed by atoms with Gasteiger partial charge in [-0.3, -0.25) is 0 Å². The molecule has 5 aromatic rings. The van der Waals surface area contributed by atoms with Crippen molar-refractivity contribution in [2.24, 2.45) is 0 Å². The number of hydrogen-bond acceptors (Lipinski definition) is 9. The van der Waals surface area contributed by atoms with Crippen molar-refractivity contribution in [3.05, 3.63) is 170 Å². The normalized spacial score (nSPS) is 14.9. The third-order valence-corrected chi connectivity index (χ3v) is 11.2. The van der Waals surface area contributed by atoms with Crippen molar-refractivity contribution < 1.29 is 19.7 Å². The van der Waals surface area contributed by atoms with E-state index in [-0.39, 0.29) is 30.1 Å². The van der Waals surface area contributed by atoms with Gasteiger partial charge in [-0.05, 0) is 97.4 Å². The zero-order valence-electron chi connectivity index (χ0n) is 33.1. The molecule has 1 aliphatic heterocycles. The lowest BCUT2D eigenvalue weighted by atomic mass is 9.85. The molecule has 0 aliphatic carbocycles. The van der Waals surface area contributed by atoms with Gasteiger partial charge >= 0.3 is 0 Å². The van der Waals surface area contributed by atoms with E-state index < -0.39 is 5.60 Å². The van der Waals surface area contributed by atoms with Crippen LogP contribution in [0.1, 0.15) is 59.1 Å². The Bertz CT molecular complexity index is 2420. The quantitative estimate of drug-likeness (QED) is 0.0661. The fraction of sp³-hybridized carbons (Fsp3) is 0.220. The topological polar surface area (TPSA) is 134 Å². The van der Waals surface area contributed by atoms with Crippen LogP contribution in [-0.4, -0.2) is 36.5 Å². The molecular weight excluding hydrogens is 753 g/mol. The molecule has 9 heteroatoms. The molecule has 1 aliphatic rings. The number of benzene rings is 4. The van der Waals surface area contributed by atoms with E-state index in [0.717, 1.165) is 87.8 Å². The number of unbranched alkanes of at least 4 members (excludes halogenated alkanes) is 2. The summed E-state index contributed by atoms with van der Waals surface area (Å²) in [4.78, 5) is 4.23. The first-order valence-electron chi connectivity index (χ1n) is 19.7. The Labute approximate surface area is 350 Å². The molecule has 0 fully saturated rings. The highest BCUT2D eigenvalue weighted by atomic mass is 32.1. The fourth-order valence-corrected chi connectivity index (χ4v) is 7.77. The molecule has 0 saturated heterocycles. The van der Waals surface area contributed by atoms with Gasteiger partial charge in [0.2, 0.25) is 0 Å². The summed E-state index contributed by atoms with van der Waals surface area (Å²) >= 11 is 1.58. The van der Waals surface area contributed by atoms with Crippen molar-refractivity contribution in [1.29, 1.82) is 15.8 Å². The molecule has 0 bridgehead atoms. The summed E-state index contributed by atoms with van der Waals surface area (Å²) in [5, 5.41) is 48.7. The third kappa shape index (κ3) is 10.4. The predicted octanol–water partition coefficient (Wildman–Crippen LogP) is 10.6. The van der Waals surface area contributed by atoms with Crippen molar-refractivity contribution in [3.63, 3.8) is 0 Å². The maximum atomic E-state index is 10.4. The average Bonchev–Trinajstić information content (AvgIpc) is 3.86. The molecule has 0 saturated carbocycles. The highest BCUT2D eigenvalue weighted by Gasteiger charge is 2.43. The summed E-state index contributed by atoms with van der Waals surface area (Å²) in [5.41, 5.74) is 5.20. The minimum Gasteiger partial charge on any atom is -0.488 e. The molecule has 1 atom stereocenters. The van der Waals surface area contributed by atoms with Crippen molar-refractivity contribution in [3.8, 4) is 35.1 Å². The Kier molecular flexibility index (Phi) is 14.7. The minimum atomic E-state index is -1.14. The summed E-state index contributed by atoms with van der Waals surface area (Å²) in [6.45, 7) is 4.16. The Morgan fingerprint density at radius 1 is 0.729 bits per heavy atom. The highest BCUT2D eigenvalue weighted by Crippen LogP contribution is 2.47. The molecule has 1 aromatic heterocycles. The smallest absolute Gasteiger partial charge is 0.172 e. The molecule has 2 N–H and O–H groups in total. The van der Waals surface area contributed by atoms with Crippen LogP contribution in [0.4, 0.5) is 5.69 Å². The van der Waals surface area contributed by atoms with E-state index in [4.69, 9.17) is 9.47 Å². The molecule has 8 nitrogen and oxygen atoms in total. The second kappa shape index (κ2) is 20.7. The van der Waals surface area contributed by atoms with Gasteiger partial charge in [0.25, 0.3) is 0 Å². The van der Waals surface area contributed by atoms with Crippen molar-refractivity contribution in [2.45, 2.75) is 44.8 Å². The number of ether oxygens (including phenoxy) is 2. The maximum absolute atomic E-state index is 10.4. The van der Waals surface area contributed by atoms with Gasteiger partial charge < -0.3 is 24.6 Å². The van der Waals surface area contributed by atoms with E-state index in [1.807, 2.05) is 134 Å². The number of rotatable bonds is 18. The lowest BCUT2D eigenvalue weighted by molar-refractivity contribution is 0.0756. The number of nitriles is 3. The summed E-state index contributed by atoms with van der Waals surface area (Å²) in [6, 6.07) is 44.3. The Balaban J connectivity index is 1.28. The standard InChI is InChI=1S/C50H46N4O4S/c1-50(42-20-16-39(17-21-42)38-14-6-3-7-15-38)47(46(35-53)49(58-50)41(33-51)34-52)27-26-45-25-24-44(59-45)23-19-40-18-22-43(54(28-8-10-30-55)29-9-11-31-56)32-48(40)57-36-37-12-4-2-5-13-37/h2-7,12-27,32,55-56H,8-11,28-31,36H2,1H3/b23-19+,27-26+. The number of nitrogens with zero attached hydrogens (tertiary/aromatic N) is 4. The van der Waals surface area contributed by atoms with Crippen LogP contribution in [0.3, 0.4) is 0 Å². The summed E-state index contributed by atoms with van der Waals surface area (Å²) in [6.07, 6.45) is 11.0. The summed E-state index contributed by atoms with van der Waals surface area (Å²) in [5.74, 6) is 0.733. The molecule has 4 aromatic carbocycles. The Morgan fingerprint density at radius 3 is 1.95 bits per heavy atom. The monoisotopic (exact) mass is 798 g/mol. The lowest BCUT2D eigenvalue weighted by Gasteiger charge is -2.27. The van der Waals surface area contributed by atoms with Crippen LogP contribution in [-0.2, 0) is 16.9 Å². The molecule has 0 radical (unpaired) electrons. The van der Waals surface area contributed by atoms with Crippen LogP contribution < -0.4 is 9.64 Å². The van der Waals surface area contributed by atoms with Crippen molar-refractivity contribution >= 4 is 35.3 Å². The number of hydrogen-bond donors (Lipinski definition) is 2. The molecule has 0 amide bonds. The molecule has 296 valence electrons. The summed E-state index contributed by atoms with van der Waals surface area (Å²) in [7, 11) is 0. The van der Waals surface area contributed by atoms with E-state index in [1.54, 1.807) is 11.3 Å². The second-order valence-corrected chi connectivity index (χ2v) is 15.3. The summed E-state index contributed by atoms with van der Waals surface area (Å²) < 4.78 is 12.8. The van der Waals surface area contributed by atoms with E-state index in [0.29, 0.717) is 12.2 Å². The number of aliphatic hydroxyl groups excluding tert-OH is 2. The Morgan fingerprint density at radius 2 is 1.34 bits per heavy atom. The molecular formula is C50H46N4O4S. The van der Waals surface area contributed by atoms with Gasteiger partial charge in [-0.25, -0.2) is 0 Å². The number of thiophene rings is 1. The predicted molar refractivity (Wildman–Crippen MR) is 236 cm³/mol. The van der Waals surface area contributed by atoms with Crippen LogP contribution in [0, 0.1) is 34.0 Å². The average molecular weight is 799 g/mol. The van der Waals surface area contributed by atoms with E-state index in [2.05, 4.69) is 35.2 Å². The largest absolute Gasteiger partial charge is 0.488 e. The van der Waals surface area contributed by atoms with Crippen LogP contribution in [0.15, 0.2) is 144 Å². The molecule has 59 heavy (non-hydrogen) atoms. The van der Waals surface area contributed by atoms with Crippen molar-refractivity contribution in [1.82, 2.24) is 0 Å². The minimum absolute atomic E-state index is 0.0173. The molecule has 0 spiro atoms. The van der Waals surface area contributed by atoms with Gasteiger partial charge in [0.1, 0.15) is 36.1 Å². The first kappa shape index (κ1) is 41.9. The van der Waals surface area contributed by atoms with Crippen LogP contribution in [0.2, 0.25) is 0 Å². The van der Waals surface area contributed by atoms with Gasteiger partial charge in [0, 0.05) is 58.9 Å². The number of anilines is 1. The first-order valence-corrected chi connectivity index (χ1v) is 20.5. The van der Waals surface area contributed by atoms with Gasteiger partial charge in [0.05, 0.1) is 0 Å². The highest BCUT2D eigenvalue weighted by molar-refractivity contribution is 7.13. The molecule has 1 unspecified atom stereocenters. The zero-order valence-corrected chi connectivity index (χ0v) is 33.9. The maximum Gasteiger partial charge on any atom is 0.172 e. The SMILES string of the molecule is CC1(c2ccc(-c3ccccc3)cc2)OC(=C(C#N)C#N)C(C#N)=C1/C=C/c1ccc(/C=C/c2ccc(N(CCCCO)CCCCO)cc2OCc2ccccc2)s1. The van der Waals surface area contributed by atoms with Gasteiger partial charge in [-0.1, -0.05) is 91.0 Å².